The average Bonchev–Trinajstić information content (AvgIpc) is 2.84. The molecule has 1 aliphatic heterocycles. The van der Waals surface area contributed by atoms with Gasteiger partial charge in [0.25, 0.3) is 0 Å². The molecule has 0 radical (unpaired) electrons. The molecule has 4 heteroatoms. The number of benzene rings is 1. The van der Waals surface area contributed by atoms with Crippen LogP contribution in [0.5, 0.6) is 0 Å². The normalized spacial score (nSPS) is 21.5. The topological polar surface area (TPSA) is 38.5 Å². The van der Waals surface area contributed by atoms with Gasteiger partial charge >= 0.3 is 0 Å². The Balaban J connectivity index is 2.16. The van der Waals surface area contributed by atoms with Crippen LogP contribution < -0.4 is 10.6 Å². The zero-order valence-corrected chi connectivity index (χ0v) is 10.1. The first-order chi connectivity index (χ1) is 8.24. The zero-order chi connectivity index (χ0) is 12.3. The molecule has 0 bridgehead atoms. The van der Waals surface area contributed by atoms with Gasteiger partial charge in [-0.15, -0.1) is 0 Å². The van der Waals surface area contributed by atoms with Gasteiger partial charge in [0.15, 0.2) is 0 Å². The van der Waals surface area contributed by atoms with Crippen LogP contribution >= 0.6 is 0 Å². The van der Waals surface area contributed by atoms with Crippen molar-refractivity contribution in [3.8, 4) is 0 Å². The lowest BCUT2D eigenvalue weighted by Crippen LogP contribution is -2.46. The molecule has 2 atom stereocenters. The summed E-state index contributed by atoms with van der Waals surface area (Å²) in [5.41, 5.74) is 6.38. The molecule has 0 spiro atoms. The molecular formula is C13H19FN2O. The third kappa shape index (κ3) is 2.58. The third-order valence-corrected chi connectivity index (χ3v) is 3.37. The van der Waals surface area contributed by atoms with Gasteiger partial charge in [0, 0.05) is 20.2 Å². The molecule has 1 aromatic rings. The fourth-order valence-corrected chi connectivity index (χ4v) is 2.38. The lowest BCUT2D eigenvalue weighted by atomic mass is 10.1. The smallest absolute Gasteiger partial charge is 0.146 e. The number of hydrogen-bond acceptors (Lipinski definition) is 3. The Bertz CT molecular complexity index is 366. The van der Waals surface area contributed by atoms with Crippen LogP contribution in [0.2, 0.25) is 0 Å². The number of anilines is 1. The molecule has 1 aliphatic rings. The summed E-state index contributed by atoms with van der Waals surface area (Å²) in [6, 6.07) is 6.80. The highest BCUT2D eigenvalue weighted by Gasteiger charge is 2.29. The molecule has 17 heavy (non-hydrogen) atoms. The molecule has 0 amide bonds. The Hall–Kier alpha value is -1.13. The van der Waals surface area contributed by atoms with E-state index in [0.717, 1.165) is 19.4 Å². The van der Waals surface area contributed by atoms with Crippen molar-refractivity contribution in [1.82, 2.24) is 0 Å². The van der Waals surface area contributed by atoms with E-state index in [-0.39, 0.29) is 18.0 Å². The van der Waals surface area contributed by atoms with E-state index < -0.39 is 0 Å². The minimum Gasteiger partial charge on any atom is -0.376 e. The second-order valence-electron chi connectivity index (χ2n) is 4.42. The number of ether oxygens (including phenoxy) is 1. The van der Waals surface area contributed by atoms with Crippen LogP contribution in [0.25, 0.3) is 0 Å². The van der Waals surface area contributed by atoms with Gasteiger partial charge in [0.2, 0.25) is 0 Å². The Kier molecular flexibility index (Phi) is 3.97. The zero-order valence-electron chi connectivity index (χ0n) is 10.1. The minimum absolute atomic E-state index is 0.0365. The number of nitrogens with zero attached hydrogens (tertiary/aromatic N) is 1. The summed E-state index contributed by atoms with van der Waals surface area (Å²) >= 11 is 0. The van der Waals surface area contributed by atoms with Crippen molar-refractivity contribution >= 4 is 5.69 Å². The molecule has 3 nitrogen and oxygen atoms in total. The summed E-state index contributed by atoms with van der Waals surface area (Å²) in [5.74, 6) is -0.216. The maximum absolute atomic E-state index is 13.7. The summed E-state index contributed by atoms with van der Waals surface area (Å²) in [7, 11) is 1.87. The molecule has 2 N–H and O–H groups in total. The summed E-state index contributed by atoms with van der Waals surface area (Å²) < 4.78 is 19.3. The number of hydrogen-bond donors (Lipinski definition) is 1. The van der Waals surface area contributed by atoms with Gasteiger partial charge in [0.1, 0.15) is 5.82 Å². The molecule has 1 aromatic carbocycles. The second kappa shape index (κ2) is 5.47. The van der Waals surface area contributed by atoms with E-state index in [4.69, 9.17) is 10.5 Å². The Morgan fingerprint density at radius 2 is 2.29 bits per heavy atom. The molecule has 1 saturated heterocycles. The Labute approximate surface area is 101 Å². The van der Waals surface area contributed by atoms with Crippen LogP contribution in [0, 0.1) is 5.82 Å². The van der Waals surface area contributed by atoms with Gasteiger partial charge in [-0.05, 0) is 25.0 Å². The van der Waals surface area contributed by atoms with Gasteiger partial charge < -0.3 is 15.4 Å². The fourth-order valence-electron chi connectivity index (χ4n) is 2.38. The lowest BCUT2D eigenvalue weighted by molar-refractivity contribution is 0.0905. The largest absolute Gasteiger partial charge is 0.376 e. The molecule has 2 rings (SSSR count). The first-order valence-electron chi connectivity index (χ1n) is 6.03. The van der Waals surface area contributed by atoms with Crippen molar-refractivity contribution in [3.05, 3.63) is 30.1 Å². The SMILES string of the molecule is CN(c1ccccc1F)C(CN)C1CCCO1. The molecule has 94 valence electrons. The van der Waals surface area contributed by atoms with Crippen molar-refractivity contribution in [2.45, 2.75) is 25.0 Å². The van der Waals surface area contributed by atoms with Crippen LogP contribution in [0.15, 0.2) is 24.3 Å². The van der Waals surface area contributed by atoms with Crippen LogP contribution in [0.4, 0.5) is 10.1 Å². The standard InChI is InChI=1S/C13H19FN2O/c1-16(11-6-3-2-5-10(11)14)12(9-15)13-7-4-8-17-13/h2-3,5-6,12-13H,4,7-9,15H2,1H3. The van der Waals surface area contributed by atoms with Crippen LogP contribution in [0.3, 0.4) is 0 Å². The van der Waals surface area contributed by atoms with Gasteiger partial charge in [-0.1, -0.05) is 12.1 Å². The monoisotopic (exact) mass is 238 g/mol. The number of halogens is 1. The first-order valence-corrected chi connectivity index (χ1v) is 6.03. The number of para-hydroxylation sites is 1. The van der Waals surface area contributed by atoms with Crippen LogP contribution in [-0.2, 0) is 4.74 Å². The summed E-state index contributed by atoms with van der Waals surface area (Å²) in [6.45, 7) is 1.25. The van der Waals surface area contributed by atoms with E-state index in [2.05, 4.69) is 0 Å². The Morgan fingerprint density at radius 3 is 2.88 bits per heavy atom. The van der Waals surface area contributed by atoms with Crippen LogP contribution in [-0.4, -0.2) is 32.3 Å². The van der Waals surface area contributed by atoms with E-state index in [1.165, 1.54) is 6.07 Å². The van der Waals surface area contributed by atoms with Gasteiger partial charge in [-0.3, -0.25) is 0 Å². The molecule has 1 fully saturated rings. The first kappa shape index (κ1) is 12.3. The molecule has 0 aliphatic carbocycles. The van der Waals surface area contributed by atoms with Crippen molar-refractivity contribution in [2.75, 3.05) is 25.1 Å². The molecule has 1 heterocycles. The van der Waals surface area contributed by atoms with E-state index in [1.54, 1.807) is 12.1 Å². The summed E-state index contributed by atoms with van der Waals surface area (Å²) in [6.07, 6.45) is 2.18. The van der Waals surface area contributed by atoms with Gasteiger partial charge in [-0.25, -0.2) is 4.39 Å². The number of rotatable bonds is 4. The van der Waals surface area contributed by atoms with Crippen molar-refractivity contribution < 1.29 is 9.13 Å². The highest BCUT2D eigenvalue weighted by atomic mass is 19.1. The number of nitrogens with two attached hydrogens (primary N) is 1. The van der Waals surface area contributed by atoms with Crippen LogP contribution in [0.1, 0.15) is 12.8 Å². The molecular weight excluding hydrogens is 219 g/mol. The Morgan fingerprint density at radius 1 is 1.53 bits per heavy atom. The molecule has 0 saturated carbocycles. The quantitative estimate of drug-likeness (QED) is 0.868. The maximum atomic E-state index is 13.7. The van der Waals surface area contributed by atoms with Crippen molar-refractivity contribution in [2.24, 2.45) is 5.73 Å². The van der Waals surface area contributed by atoms with Crippen molar-refractivity contribution in [1.29, 1.82) is 0 Å². The van der Waals surface area contributed by atoms with E-state index in [0.29, 0.717) is 12.2 Å². The highest BCUT2D eigenvalue weighted by Crippen LogP contribution is 2.24. The molecule has 0 aromatic heterocycles. The van der Waals surface area contributed by atoms with E-state index in [9.17, 15) is 4.39 Å². The number of likely N-dealkylation sites (N-methyl/N-ethyl adjacent to an activating group) is 1. The summed E-state index contributed by atoms with van der Waals surface area (Å²) in [5, 5.41) is 0. The predicted molar refractivity (Wildman–Crippen MR) is 66.6 cm³/mol. The average molecular weight is 238 g/mol. The maximum Gasteiger partial charge on any atom is 0.146 e. The van der Waals surface area contributed by atoms with E-state index in [1.807, 2.05) is 18.0 Å². The van der Waals surface area contributed by atoms with Gasteiger partial charge in [0.05, 0.1) is 17.8 Å². The lowest BCUT2D eigenvalue weighted by Gasteiger charge is -2.33. The van der Waals surface area contributed by atoms with Crippen molar-refractivity contribution in [3.63, 3.8) is 0 Å². The fraction of sp³-hybridized carbons (Fsp3) is 0.538. The predicted octanol–water partition coefficient (Wildman–Crippen LogP) is 1.77. The van der Waals surface area contributed by atoms with E-state index >= 15 is 0 Å². The second-order valence-corrected chi connectivity index (χ2v) is 4.42. The third-order valence-electron chi connectivity index (χ3n) is 3.37. The van der Waals surface area contributed by atoms with Gasteiger partial charge in [-0.2, -0.15) is 0 Å². The minimum atomic E-state index is -0.216. The highest BCUT2D eigenvalue weighted by molar-refractivity contribution is 5.48. The summed E-state index contributed by atoms with van der Waals surface area (Å²) in [4.78, 5) is 1.89. The molecule has 2 unspecified atom stereocenters.